The van der Waals surface area contributed by atoms with Gasteiger partial charge in [-0.25, -0.2) is 9.59 Å². The number of phenols is 3. The first-order chi connectivity index (χ1) is 54.4. The van der Waals surface area contributed by atoms with Crippen LogP contribution < -0.4 is 46.5 Å². The standard InChI is InChI=1S/C80H90Cl2N6O27/c1-7-37(18-33(2)3)73(101)87-64-51(93)22-42(25-59(83)95)74(102)85-62-41-23-55(111-53-16-13-39(66(64)96)20-47(53)81)70(115-79-71(69(99)68(98)58(31-89)113-79)114-60-29-80(6,72(100)35(5)110-60)84-30-57(77(105)106)109-32-36-10-8-34(4)9-11-36)56(24-41)112-54-17-14-40(21-48(54)82)67(97)65-76(104)86-63(78(107)108)46-26-43(90)27-50(92)61(46)45-19-38(12-15-49(45)91)44(28-52(62)94)75(103)88-65/h8-17,19-21,23-24,26-27,33,35,37,42,44,57-58,60,62-69,71-72,79,84,89-92,96-100H,7,18,22,25,28-32H2,1-6H3,(H2,83,95)(H,85,102)(H,86,104)(H,87,101)(H,88,103)(H,105,106)(H,107,108)/t35?,37-,42+,44?,57?,58?,60?,62?,63-,64?,65+,66-,67-,68?,69?,71?,72?,79?,80?/m1/s1. The van der Waals surface area contributed by atoms with Gasteiger partial charge in [-0.3, -0.25) is 33.6 Å². The van der Waals surface area contributed by atoms with Gasteiger partial charge in [0.25, 0.3) is 0 Å². The van der Waals surface area contributed by atoms with Crippen LogP contribution in [0.4, 0.5) is 0 Å². The first-order valence-electron chi connectivity index (χ1n) is 37.0. The van der Waals surface area contributed by atoms with Crippen LogP contribution in [0, 0.1) is 24.7 Å². The van der Waals surface area contributed by atoms with Crippen LogP contribution >= 0.6 is 23.2 Å². The fourth-order valence-electron chi connectivity index (χ4n) is 14.8. The number of aliphatic hydroxyl groups excluding tert-OH is 6. The molecule has 0 aliphatic carbocycles. The highest BCUT2D eigenvalue weighted by molar-refractivity contribution is 6.32. The Labute approximate surface area is 667 Å². The van der Waals surface area contributed by atoms with Crippen LogP contribution in [0.2, 0.25) is 10.0 Å². The maximum Gasteiger partial charge on any atom is 0.334 e. The van der Waals surface area contributed by atoms with E-state index in [4.69, 9.17) is 62.1 Å². The number of carboxylic acids is 2. The Balaban J connectivity index is 1.11. The maximum atomic E-state index is 16.3. The number of aliphatic hydroxyl groups is 6. The van der Waals surface area contributed by atoms with E-state index in [1.165, 1.54) is 25.1 Å². The van der Waals surface area contributed by atoms with Crippen molar-refractivity contribution in [3.63, 3.8) is 0 Å². The number of hydrogen-bond acceptors (Lipinski definition) is 26. The van der Waals surface area contributed by atoms with Gasteiger partial charge < -0.3 is 122 Å². The fraction of sp³-hybridized carbons (Fsp3) is 0.438. The molecule has 5 amide bonds. The molecule has 115 heavy (non-hydrogen) atoms. The summed E-state index contributed by atoms with van der Waals surface area (Å²) in [7, 11) is 0. The summed E-state index contributed by atoms with van der Waals surface area (Å²) in [6, 6.07) is 12.5. The average molecular weight is 1640 g/mol. The number of primary amides is 1. The first kappa shape index (κ1) is 85.8. The Morgan fingerprint density at radius 3 is 1.97 bits per heavy atom. The van der Waals surface area contributed by atoms with Crippen LogP contribution in [0.25, 0.3) is 11.1 Å². The van der Waals surface area contributed by atoms with Crippen molar-refractivity contribution in [1.29, 1.82) is 0 Å². The summed E-state index contributed by atoms with van der Waals surface area (Å²) < 4.78 is 45.1. The van der Waals surface area contributed by atoms with Crippen molar-refractivity contribution < 1.29 is 132 Å². The Morgan fingerprint density at radius 1 is 0.722 bits per heavy atom. The number of rotatable bonds is 20. The van der Waals surface area contributed by atoms with Gasteiger partial charge in [-0.05, 0) is 122 Å². The summed E-state index contributed by atoms with van der Waals surface area (Å²) in [5.74, 6) is -20.8. The third-order valence-corrected chi connectivity index (χ3v) is 21.7. The second-order valence-electron chi connectivity index (χ2n) is 30.0. The lowest BCUT2D eigenvalue weighted by Gasteiger charge is -2.48. The van der Waals surface area contributed by atoms with Gasteiger partial charge in [0.1, 0.15) is 77.4 Å². The van der Waals surface area contributed by atoms with E-state index < -0.39 is 261 Å². The van der Waals surface area contributed by atoms with E-state index in [0.717, 1.165) is 66.2 Å². The van der Waals surface area contributed by atoms with Gasteiger partial charge in [-0.2, -0.15) is 0 Å². The van der Waals surface area contributed by atoms with Crippen molar-refractivity contribution in [2.24, 2.45) is 23.5 Å². The van der Waals surface area contributed by atoms with Crippen molar-refractivity contribution in [3.8, 4) is 57.1 Å². The molecule has 0 aromatic heterocycles. The van der Waals surface area contributed by atoms with E-state index in [-0.39, 0.29) is 59.4 Å². The average Bonchev–Trinajstić information content (AvgIpc) is 0.766. The zero-order chi connectivity index (χ0) is 83.5. The van der Waals surface area contributed by atoms with Gasteiger partial charge in [-0.1, -0.05) is 92.0 Å². The number of ether oxygens (including phenoxy) is 7. The van der Waals surface area contributed by atoms with Crippen molar-refractivity contribution in [1.82, 2.24) is 26.6 Å². The van der Waals surface area contributed by atoms with Gasteiger partial charge in [0, 0.05) is 66.4 Å². The van der Waals surface area contributed by atoms with Gasteiger partial charge in [-0.15, -0.1) is 0 Å². The lowest BCUT2D eigenvalue weighted by molar-refractivity contribution is -0.334. The third kappa shape index (κ3) is 19.2. The molecule has 0 radical (unpaired) electrons. The molecule has 18 N–H and O–H groups in total. The minimum Gasteiger partial charge on any atom is -0.508 e. The number of Topliss-reactive ketones (excluding diaryl/α,β-unsaturated/α-hetero) is 2. The molecule has 19 atom stereocenters. The highest BCUT2D eigenvalue weighted by Gasteiger charge is 2.53. The number of carbonyl (C=O) groups excluding carboxylic acids is 7. The fourth-order valence-corrected chi connectivity index (χ4v) is 15.3. The molecule has 2 fully saturated rings. The van der Waals surface area contributed by atoms with Gasteiger partial charge >= 0.3 is 11.9 Å². The predicted octanol–water partition coefficient (Wildman–Crippen LogP) is 5.13. The Bertz CT molecular complexity index is 4710. The molecule has 0 saturated carbocycles. The molecule has 33 nitrogen and oxygen atoms in total. The quantitative estimate of drug-likeness (QED) is 0.0471. The number of phenolic OH excluding ortho intramolecular Hbond substituents is 3. The normalized spacial score (nSPS) is 27.7. The zero-order valence-electron chi connectivity index (χ0n) is 62.9. The van der Waals surface area contributed by atoms with E-state index in [2.05, 4.69) is 26.6 Å². The molecule has 7 aliphatic rings. The molecular weight excluding hydrogens is 1550 g/mol. The Kier molecular flexibility index (Phi) is 26.8. The number of amides is 5. The van der Waals surface area contributed by atoms with Crippen molar-refractivity contribution in [3.05, 3.63) is 152 Å². The molecule has 6 aromatic rings. The maximum absolute atomic E-state index is 16.3. The molecule has 7 aliphatic heterocycles. The molecule has 13 rings (SSSR count). The number of aromatic hydroxyl groups is 3. The van der Waals surface area contributed by atoms with Crippen LogP contribution in [0.5, 0.6) is 46.0 Å². The molecule has 13 unspecified atom stereocenters. The number of benzene rings is 6. The summed E-state index contributed by atoms with van der Waals surface area (Å²) in [6.45, 7) is 8.86. The summed E-state index contributed by atoms with van der Waals surface area (Å²) >= 11 is 14.3. The second kappa shape index (κ2) is 36.0. The highest BCUT2D eigenvalue weighted by atomic mass is 35.5. The monoisotopic (exact) mass is 1640 g/mol. The molecule has 11 bridgehead atoms. The molecule has 6 aromatic carbocycles. The molecule has 35 heteroatoms. The summed E-state index contributed by atoms with van der Waals surface area (Å²) in [4.78, 5) is 131. The predicted molar refractivity (Wildman–Crippen MR) is 404 cm³/mol. The molecular formula is C80H90Cl2N6O27. The van der Waals surface area contributed by atoms with E-state index in [9.17, 15) is 80.1 Å². The number of ketones is 2. The number of aliphatic carboxylic acids is 2. The largest absolute Gasteiger partial charge is 0.508 e. The summed E-state index contributed by atoms with van der Waals surface area (Å²) in [5, 5.41) is 139. The number of carboxylic acid groups (broad SMARTS) is 2. The number of nitrogens with one attached hydrogen (secondary N) is 5. The highest BCUT2D eigenvalue weighted by Crippen LogP contribution is 2.51. The van der Waals surface area contributed by atoms with Crippen LogP contribution in [-0.4, -0.2) is 195 Å². The number of aryl methyl sites for hydroxylation is 1. The van der Waals surface area contributed by atoms with Crippen LogP contribution in [0.15, 0.2) is 103 Å². The SMILES string of the molecule is CC[C@H](CC(C)C)C(=O)NC1C(=O)C[C@@H](CC(N)=O)C(=O)NC2C(=O)CC3C(=O)N[C@H](C(=O)N[C@@H](C(=O)O)c4cc(O)cc(O)c4-c4cc3ccc4O)[C@H](O)c3ccc(c(Cl)c3)Oc3cc2cc(c3OC2OC(CO)C(O)C(O)C2OC2CC(C)(NCC(OCc3ccc(C)cc3)C(=O)O)C(O)C(C)O2)Oc2ccc(cc2Cl)[C@H]1O. The van der Waals surface area contributed by atoms with Crippen molar-refractivity contribution in [2.75, 3.05) is 13.2 Å². The van der Waals surface area contributed by atoms with E-state index >= 15 is 19.2 Å². The van der Waals surface area contributed by atoms with Crippen molar-refractivity contribution in [2.45, 2.75) is 190 Å². The Morgan fingerprint density at radius 2 is 1.37 bits per heavy atom. The lowest BCUT2D eigenvalue weighted by atomic mass is 9.84. The van der Waals surface area contributed by atoms with E-state index in [0.29, 0.717) is 12.0 Å². The third-order valence-electron chi connectivity index (χ3n) is 21.1. The van der Waals surface area contributed by atoms with Crippen LogP contribution in [0.1, 0.15) is 142 Å². The number of fused-ring (bicyclic) bond motifs is 15. The zero-order valence-corrected chi connectivity index (χ0v) is 64.4. The smallest absolute Gasteiger partial charge is 0.334 e. The number of nitrogens with two attached hydrogens (primary N) is 1. The Hall–Kier alpha value is -10.1. The summed E-state index contributed by atoms with van der Waals surface area (Å²) in [6.07, 6.45) is -22.5. The molecule has 7 heterocycles. The minimum absolute atomic E-state index is 0.0359. The first-order valence-corrected chi connectivity index (χ1v) is 37.8. The van der Waals surface area contributed by atoms with Crippen molar-refractivity contribution >= 4 is 76.2 Å². The van der Waals surface area contributed by atoms with E-state index in [1.54, 1.807) is 26.0 Å². The van der Waals surface area contributed by atoms with Gasteiger partial charge in [0.15, 0.2) is 47.6 Å². The summed E-state index contributed by atoms with van der Waals surface area (Å²) in [5.41, 5.74) is 3.40. The van der Waals surface area contributed by atoms with Gasteiger partial charge in [0.2, 0.25) is 41.6 Å². The van der Waals surface area contributed by atoms with Crippen LogP contribution in [0.3, 0.4) is 0 Å². The minimum atomic E-state index is -2.27. The topological polar surface area (TPSA) is 527 Å². The molecule has 0 spiro atoms. The lowest BCUT2D eigenvalue weighted by Crippen LogP contribution is -2.66. The van der Waals surface area contributed by atoms with E-state index in [1.807, 2.05) is 32.9 Å². The molecule has 616 valence electrons. The number of halogens is 2. The van der Waals surface area contributed by atoms with Gasteiger partial charge in [0.05, 0.1) is 47.3 Å². The van der Waals surface area contributed by atoms with Crippen LogP contribution in [-0.2, 0) is 68.7 Å². The number of hydrogen-bond donors (Lipinski definition) is 17. The number of carbonyl (C=O) groups is 9. The molecule has 2 saturated heterocycles. The second-order valence-corrected chi connectivity index (χ2v) is 30.8.